The third-order valence-corrected chi connectivity index (χ3v) is 3.65. The van der Waals surface area contributed by atoms with Crippen LogP contribution < -0.4 is 5.32 Å². The van der Waals surface area contributed by atoms with Gasteiger partial charge in [0, 0.05) is 25.8 Å². The van der Waals surface area contributed by atoms with Crippen molar-refractivity contribution >= 4 is 11.7 Å². The predicted molar refractivity (Wildman–Crippen MR) is 75.4 cm³/mol. The molecule has 7 heteroatoms. The Morgan fingerprint density at radius 2 is 2.33 bits per heavy atom. The van der Waals surface area contributed by atoms with Crippen LogP contribution in [0, 0.1) is 10.1 Å². The number of nitro benzene ring substituents is 1. The molecule has 1 unspecified atom stereocenters. The first-order valence-electron chi connectivity index (χ1n) is 6.77. The van der Waals surface area contributed by atoms with Crippen LogP contribution in [0.4, 0.5) is 5.69 Å². The van der Waals surface area contributed by atoms with Crippen molar-refractivity contribution in [1.82, 2.24) is 5.32 Å². The van der Waals surface area contributed by atoms with Gasteiger partial charge < -0.3 is 15.2 Å². The number of nitro groups is 1. The van der Waals surface area contributed by atoms with Crippen LogP contribution in [0.15, 0.2) is 18.2 Å². The maximum atomic E-state index is 11.3. The minimum atomic E-state index is -1.29. The lowest BCUT2D eigenvalue weighted by atomic mass is 10.0. The number of hydrogen-bond donors (Lipinski definition) is 2. The Kier molecular flexibility index (Phi) is 4.54. The molecule has 1 aliphatic rings. The minimum absolute atomic E-state index is 0.246. The molecule has 21 heavy (non-hydrogen) atoms. The van der Waals surface area contributed by atoms with Crippen molar-refractivity contribution in [3.8, 4) is 0 Å². The minimum Gasteiger partial charge on any atom is -0.477 e. The van der Waals surface area contributed by atoms with Crippen LogP contribution in [0.1, 0.15) is 35.7 Å². The summed E-state index contributed by atoms with van der Waals surface area (Å²) in [5.74, 6) is -1.29. The Hall–Kier alpha value is -1.99. The van der Waals surface area contributed by atoms with E-state index in [1.165, 1.54) is 12.1 Å². The number of ether oxygens (including phenoxy) is 1. The van der Waals surface area contributed by atoms with Crippen molar-refractivity contribution in [1.29, 1.82) is 0 Å². The van der Waals surface area contributed by atoms with Gasteiger partial charge in [-0.2, -0.15) is 0 Å². The number of rotatable bonds is 6. The summed E-state index contributed by atoms with van der Waals surface area (Å²) < 4.78 is 5.63. The van der Waals surface area contributed by atoms with Gasteiger partial charge in [-0.3, -0.25) is 10.1 Å². The van der Waals surface area contributed by atoms with Crippen LogP contribution >= 0.6 is 0 Å². The molecular weight excluding hydrogens is 276 g/mol. The van der Waals surface area contributed by atoms with E-state index < -0.39 is 10.9 Å². The molecule has 1 heterocycles. The molecule has 1 aliphatic heterocycles. The number of carbonyl (C=O) groups is 1. The monoisotopic (exact) mass is 294 g/mol. The Bertz CT molecular complexity index is 552. The standard InChI is InChI=1S/C14H18N2O5/c1-14(6-3-7-21-14)9-15-8-10-4-2-5-11(16(19)20)12(10)13(17)18/h2,4-5,15H,3,6-9H2,1H3,(H,17,18). The third-order valence-electron chi connectivity index (χ3n) is 3.65. The first-order chi connectivity index (χ1) is 9.93. The Balaban J connectivity index is 2.11. The number of hydrogen-bond acceptors (Lipinski definition) is 5. The molecule has 0 amide bonds. The van der Waals surface area contributed by atoms with Crippen molar-refractivity contribution in [2.45, 2.75) is 31.9 Å². The van der Waals surface area contributed by atoms with Crippen molar-refractivity contribution in [3.63, 3.8) is 0 Å². The van der Waals surface area contributed by atoms with Crippen LogP contribution in [0.25, 0.3) is 0 Å². The molecule has 114 valence electrons. The Labute approximate surface area is 122 Å². The second-order valence-corrected chi connectivity index (χ2v) is 5.38. The lowest BCUT2D eigenvalue weighted by Gasteiger charge is -2.23. The number of nitrogens with zero attached hydrogens (tertiary/aromatic N) is 1. The molecule has 1 aromatic carbocycles. The molecule has 2 N–H and O–H groups in total. The van der Waals surface area contributed by atoms with Crippen molar-refractivity contribution < 1.29 is 19.6 Å². The fourth-order valence-electron chi connectivity index (χ4n) is 2.57. The van der Waals surface area contributed by atoms with Crippen molar-refractivity contribution in [3.05, 3.63) is 39.4 Å². The van der Waals surface area contributed by atoms with E-state index in [2.05, 4.69) is 5.32 Å². The average molecular weight is 294 g/mol. The lowest BCUT2D eigenvalue weighted by Crippen LogP contribution is -2.37. The van der Waals surface area contributed by atoms with E-state index in [1.807, 2.05) is 6.92 Å². The van der Waals surface area contributed by atoms with Crippen LogP contribution in [0.3, 0.4) is 0 Å². The highest BCUT2D eigenvalue weighted by Gasteiger charge is 2.29. The molecule has 1 atom stereocenters. The molecule has 1 aromatic rings. The molecular formula is C14H18N2O5. The number of carboxylic acid groups (broad SMARTS) is 1. The predicted octanol–water partition coefficient (Wildman–Crippen LogP) is 1.95. The van der Waals surface area contributed by atoms with E-state index in [1.54, 1.807) is 6.07 Å². The summed E-state index contributed by atoms with van der Waals surface area (Å²) in [4.78, 5) is 21.5. The molecule has 0 spiro atoms. The highest BCUT2D eigenvalue weighted by molar-refractivity contribution is 5.94. The van der Waals surface area contributed by atoms with Gasteiger partial charge in [0.25, 0.3) is 5.69 Å². The van der Waals surface area contributed by atoms with Crippen LogP contribution in [0.5, 0.6) is 0 Å². The zero-order valence-electron chi connectivity index (χ0n) is 11.8. The topological polar surface area (TPSA) is 102 Å². The molecule has 2 rings (SSSR count). The van der Waals surface area contributed by atoms with Gasteiger partial charge in [0.15, 0.2) is 0 Å². The normalized spacial score (nSPS) is 21.4. The van der Waals surface area contributed by atoms with Gasteiger partial charge in [-0.05, 0) is 25.3 Å². The largest absolute Gasteiger partial charge is 0.477 e. The fourth-order valence-corrected chi connectivity index (χ4v) is 2.57. The quantitative estimate of drug-likeness (QED) is 0.614. The molecule has 1 saturated heterocycles. The van der Waals surface area contributed by atoms with Gasteiger partial charge in [0.2, 0.25) is 0 Å². The zero-order valence-corrected chi connectivity index (χ0v) is 11.8. The highest BCUT2D eigenvalue weighted by Crippen LogP contribution is 2.25. The fraction of sp³-hybridized carbons (Fsp3) is 0.500. The molecule has 0 radical (unpaired) electrons. The molecule has 0 bridgehead atoms. The Morgan fingerprint density at radius 1 is 1.57 bits per heavy atom. The summed E-state index contributed by atoms with van der Waals surface area (Å²) in [6, 6.07) is 4.28. The summed E-state index contributed by atoms with van der Waals surface area (Å²) >= 11 is 0. The van der Waals surface area contributed by atoms with E-state index in [-0.39, 0.29) is 23.4 Å². The van der Waals surface area contributed by atoms with Gasteiger partial charge in [0.05, 0.1) is 10.5 Å². The van der Waals surface area contributed by atoms with Gasteiger partial charge in [-0.25, -0.2) is 4.79 Å². The maximum Gasteiger partial charge on any atom is 0.343 e. The zero-order chi connectivity index (χ0) is 15.5. The van der Waals surface area contributed by atoms with Crippen LogP contribution in [0.2, 0.25) is 0 Å². The SMILES string of the molecule is CC1(CNCc2cccc([N+](=O)[O-])c2C(=O)O)CCCO1. The first kappa shape index (κ1) is 15.4. The maximum absolute atomic E-state index is 11.3. The van der Waals surface area contributed by atoms with Crippen molar-refractivity contribution in [2.24, 2.45) is 0 Å². The van der Waals surface area contributed by atoms with Gasteiger partial charge >= 0.3 is 5.97 Å². The first-order valence-corrected chi connectivity index (χ1v) is 6.77. The van der Waals surface area contributed by atoms with Crippen LogP contribution in [-0.2, 0) is 11.3 Å². The highest BCUT2D eigenvalue weighted by atomic mass is 16.6. The van der Waals surface area contributed by atoms with E-state index in [4.69, 9.17) is 4.74 Å². The van der Waals surface area contributed by atoms with Gasteiger partial charge in [0.1, 0.15) is 5.56 Å². The summed E-state index contributed by atoms with van der Waals surface area (Å²) in [5.41, 5.74) is -0.486. The van der Waals surface area contributed by atoms with Gasteiger partial charge in [-0.1, -0.05) is 12.1 Å². The molecule has 0 aromatic heterocycles. The summed E-state index contributed by atoms with van der Waals surface area (Å²) in [5, 5.41) is 23.2. The average Bonchev–Trinajstić information content (AvgIpc) is 2.85. The number of carboxylic acids is 1. The van der Waals surface area contributed by atoms with E-state index in [0.29, 0.717) is 12.1 Å². The number of benzene rings is 1. The number of aromatic carboxylic acids is 1. The van der Waals surface area contributed by atoms with Gasteiger partial charge in [-0.15, -0.1) is 0 Å². The van der Waals surface area contributed by atoms with E-state index >= 15 is 0 Å². The molecule has 0 aliphatic carbocycles. The lowest BCUT2D eigenvalue weighted by molar-refractivity contribution is -0.385. The summed E-state index contributed by atoms with van der Waals surface area (Å²) in [6.07, 6.45) is 1.95. The molecule has 7 nitrogen and oxygen atoms in total. The molecule has 0 saturated carbocycles. The smallest absolute Gasteiger partial charge is 0.343 e. The van der Waals surface area contributed by atoms with E-state index in [0.717, 1.165) is 19.4 Å². The second-order valence-electron chi connectivity index (χ2n) is 5.38. The van der Waals surface area contributed by atoms with Crippen molar-refractivity contribution in [2.75, 3.05) is 13.2 Å². The second kappa shape index (κ2) is 6.19. The third kappa shape index (κ3) is 3.56. The number of nitrogens with one attached hydrogen (secondary N) is 1. The van der Waals surface area contributed by atoms with Crippen LogP contribution in [-0.4, -0.2) is 34.8 Å². The summed E-state index contributed by atoms with van der Waals surface area (Å²) in [7, 11) is 0. The Morgan fingerprint density at radius 3 is 2.90 bits per heavy atom. The summed E-state index contributed by atoms with van der Waals surface area (Å²) in [6.45, 7) is 3.56. The van der Waals surface area contributed by atoms with E-state index in [9.17, 15) is 20.0 Å². The molecule has 1 fully saturated rings.